The lowest BCUT2D eigenvalue weighted by atomic mass is 10.1. The van der Waals surface area contributed by atoms with Crippen LogP contribution in [0.4, 0.5) is 5.69 Å². The van der Waals surface area contributed by atoms with Crippen molar-refractivity contribution < 1.29 is 0 Å². The fraction of sp³-hybridized carbons (Fsp3) is 0. The number of aliphatic imine (C=N–C) groups is 1. The SMILES string of the molecule is NC(N)=Nc1ccc2cnccc2c1. The summed E-state index contributed by atoms with van der Waals surface area (Å²) in [6, 6.07) is 7.62. The average Bonchev–Trinajstić information content (AvgIpc) is 2.17. The zero-order valence-corrected chi connectivity index (χ0v) is 7.51. The van der Waals surface area contributed by atoms with Crippen LogP contribution in [0.15, 0.2) is 41.7 Å². The minimum absolute atomic E-state index is 0.0680. The highest BCUT2D eigenvalue weighted by molar-refractivity contribution is 5.86. The van der Waals surface area contributed by atoms with E-state index in [1.807, 2.05) is 24.3 Å². The van der Waals surface area contributed by atoms with Gasteiger partial charge < -0.3 is 11.5 Å². The summed E-state index contributed by atoms with van der Waals surface area (Å²) in [5, 5.41) is 2.14. The molecule has 0 aliphatic heterocycles. The molecule has 4 nitrogen and oxygen atoms in total. The molecular formula is C10H10N4. The molecule has 2 aromatic rings. The van der Waals surface area contributed by atoms with Crippen LogP contribution < -0.4 is 11.5 Å². The number of benzene rings is 1. The standard InChI is InChI=1S/C10H10N4/c11-10(12)14-9-2-1-8-6-13-4-3-7(8)5-9/h1-6H,(H4,11,12,14). The van der Waals surface area contributed by atoms with Gasteiger partial charge >= 0.3 is 0 Å². The Morgan fingerprint density at radius 2 is 2.00 bits per heavy atom. The first-order chi connectivity index (χ1) is 6.75. The molecule has 0 amide bonds. The first-order valence-electron chi connectivity index (χ1n) is 4.19. The highest BCUT2D eigenvalue weighted by Crippen LogP contribution is 2.19. The predicted molar refractivity (Wildman–Crippen MR) is 57.2 cm³/mol. The first-order valence-corrected chi connectivity index (χ1v) is 4.19. The van der Waals surface area contributed by atoms with Crippen LogP contribution in [0.2, 0.25) is 0 Å². The van der Waals surface area contributed by atoms with E-state index < -0.39 is 0 Å². The largest absolute Gasteiger partial charge is 0.370 e. The number of fused-ring (bicyclic) bond motifs is 1. The van der Waals surface area contributed by atoms with Crippen LogP contribution in [-0.2, 0) is 0 Å². The lowest BCUT2D eigenvalue weighted by Gasteiger charge is -1.98. The fourth-order valence-electron chi connectivity index (χ4n) is 1.29. The van der Waals surface area contributed by atoms with Crippen molar-refractivity contribution in [3.8, 4) is 0 Å². The second-order valence-corrected chi connectivity index (χ2v) is 2.94. The van der Waals surface area contributed by atoms with Crippen LogP contribution in [0.25, 0.3) is 10.8 Å². The molecule has 0 radical (unpaired) electrons. The van der Waals surface area contributed by atoms with Gasteiger partial charge in [0, 0.05) is 17.8 Å². The van der Waals surface area contributed by atoms with E-state index in [-0.39, 0.29) is 5.96 Å². The number of guanidine groups is 1. The first kappa shape index (κ1) is 8.50. The van der Waals surface area contributed by atoms with Crippen molar-refractivity contribution in [3.63, 3.8) is 0 Å². The summed E-state index contributed by atoms with van der Waals surface area (Å²) in [6.45, 7) is 0. The van der Waals surface area contributed by atoms with Gasteiger partial charge in [0.25, 0.3) is 0 Å². The van der Waals surface area contributed by atoms with E-state index in [0.717, 1.165) is 16.5 Å². The molecule has 0 saturated heterocycles. The Balaban J connectivity index is 2.57. The number of aromatic nitrogens is 1. The van der Waals surface area contributed by atoms with Gasteiger partial charge in [-0.2, -0.15) is 0 Å². The Morgan fingerprint density at radius 1 is 1.14 bits per heavy atom. The van der Waals surface area contributed by atoms with Crippen LogP contribution in [0.5, 0.6) is 0 Å². The molecule has 0 bridgehead atoms. The smallest absolute Gasteiger partial charge is 0.191 e. The summed E-state index contributed by atoms with van der Waals surface area (Å²) in [5.41, 5.74) is 11.3. The lowest BCUT2D eigenvalue weighted by molar-refractivity contribution is 1.36. The molecule has 0 aliphatic carbocycles. The maximum absolute atomic E-state index is 5.28. The Labute approximate surface area is 81.3 Å². The molecule has 1 aromatic carbocycles. The Bertz CT molecular complexity index is 486. The topological polar surface area (TPSA) is 77.3 Å². The Hall–Kier alpha value is -2.10. The fourth-order valence-corrected chi connectivity index (χ4v) is 1.29. The summed E-state index contributed by atoms with van der Waals surface area (Å²) < 4.78 is 0. The number of hydrogen-bond donors (Lipinski definition) is 2. The third-order valence-corrected chi connectivity index (χ3v) is 1.88. The van der Waals surface area contributed by atoms with Gasteiger partial charge in [0.05, 0.1) is 5.69 Å². The molecule has 1 heterocycles. The molecule has 0 atom stereocenters. The summed E-state index contributed by atoms with van der Waals surface area (Å²) in [6.07, 6.45) is 3.54. The number of hydrogen-bond acceptors (Lipinski definition) is 2. The number of nitrogens with two attached hydrogens (primary N) is 2. The normalized spacial score (nSPS) is 10.0. The molecule has 1 aromatic heterocycles. The maximum atomic E-state index is 5.28. The average molecular weight is 186 g/mol. The maximum Gasteiger partial charge on any atom is 0.191 e. The predicted octanol–water partition coefficient (Wildman–Crippen LogP) is 1.14. The summed E-state index contributed by atoms with van der Waals surface area (Å²) in [5.74, 6) is 0.0680. The molecule has 0 fully saturated rings. The van der Waals surface area contributed by atoms with Crippen molar-refractivity contribution in [1.29, 1.82) is 0 Å². The van der Waals surface area contributed by atoms with Crippen molar-refractivity contribution in [3.05, 3.63) is 36.7 Å². The van der Waals surface area contributed by atoms with Gasteiger partial charge in [-0.05, 0) is 23.6 Å². The summed E-state index contributed by atoms with van der Waals surface area (Å²) in [7, 11) is 0. The van der Waals surface area contributed by atoms with Gasteiger partial charge in [0.2, 0.25) is 0 Å². The zero-order chi connectivity index (χ0) is 9.97. The van der Waals surface area contributed by atoms with E-state index in [0.29, 0.717) is 0 Å². The number of nitrogens with zero attached hydrogens (tertiary/aromatic N) is 2. The molecule has 0 spiro atoms. The highest BCUT2D eigenvalue weighted by Gasteiger charge is 1.94. The van der Waals surface area contributed by atoms with E-state index in [4.69, 9.17) is 11.5 Å². The molecule has 0 aliphatic rings. The number of rotatable bonds is 1. The molecule has 4 N–H and O–H groups in total. The van der Waals surface area contributed by atoms with E-state index in [1.165, 1.54) is 0 Å². The summed E-state index contributed by atoms with van der Waals surface area (Å²) in [4.78, 5) is 7.98. The molecule has 2 rings (SSSR count). The van der Waals surface area contributed by atoms with Crippen LogP contribution in [0.3, 0.4) is 0 Å². The van der Waals surface area contributed by atoms with E-state index in [1.54, 1.807) is 12.4 Å². The second-order valence-electron chi connectivity index (χ2n) is 2.94. The van der Waals surface area contributed by atoms with Crippen LogP contribution in [0, 0.1) is 0 Å². The molecular weight excluding hydrogens is 176 g/mol. The van der Waals surface area contributed by atoms with Crippen molar-refractivity contribution in [2.75, 3.05) is 0 Å². The van der Waals surface area contributed by atoms with Gasteiger partial charge in [-0.1, -0.05) is 6.07 Å². The minimum atomic E-state index is 0.0680. The molecule has 0 saturated carbocycles. The van der Waals surface area contributed by atoms with Crippen LogP contribution >= 0.6 is 0 Å². The zero-order valence-electron chi connectivity index (χ0n) is 7.51. The third kappa shape index (κ3) is 1.64. The molecule has 0 unspecified atom stereocenters. The van der Waals surface area contributed by atoms with Gasteiger partial charge in [0.15, 0.2) is 5.96 Å². The van der Waals surface area contributed by atoms with Crippen molar-refractivity contribution in [2.24, 2.45) is 16.5 Å². The summed E-state index contributed by atoms with van der Waals surface area (Å²) >= 11 is 0. The van der Waals surface area contributed by atoms with Crippen molar-refractivity contribution in [1.82, 2.24) is 4.98 Å². The van der Waals surface area contributed by atoms with Gasteiger partial charge in [-0.25, -0.2) is 4.99 Å². The highest BCUT2D eigenvalue weighted by atomic mass is 15.0. The minimum Gasteiger partial charge on any atom is -0.370 e. The van der Waals surface area contributed by atoms with Gasteiger partial charge in [-0.15, -0.1) is 0 Å². The van der Waals surface area contributed by atoms with Crippen molar-refractivity contribution in [2.45, 2.75) is 0 Å². The van der Waals surface area contributed by atoms with Crippen molar-refractivity contribution >= 4 is 22.4 Å². The third-order valence-electron chi connectivity index (χ3n) is 1.88. The Morgan fingerprint density at radius 3 is 2.79 bits per heavy atom. The monoisotopic (exact) mass is 186 g/mol. The van der Waals surface area contributed by atoms with Gasteiger partial charge in [-0.3, -0.25) is 4.98 Å². The van der Waals surface area contributed by atoms with Crippen LogP contribution in [-0.4, -0.2) is 10.9 Å². The van der Waals surface area contributed by atoms with E-state index in [2.05, 4.69) is 9.98 Å². The lowest BCUT2D eigenvalue weighted by Crippen LogP contribution is -2.21. The number of pyridine rings is 1. The Kier molecular flexibility index (Phi) is 2.02. The second kappa shape index (κ2) is 3.33. The van der Waals surface area contributed by atoms with E-state index in [9.17, 15) is 0 Å². The quantitative estimate of drug-likeness (QED) is 0.518. The molecule has 4 heteroatoms. The molecule has 14 heavy (non-hydrogen) atoms. The van der Waals surface area contributed by atoms with E-state index >= 15 is 0 Å². The molecule has 70 valence electrons. The van der Waals surface area contributed by atoms with Gasteiger partial charge in [0.1, 0.15) is 0 Å². The van der Waals surface area contributed by atoms with Crippen LogP contribution in [0.1, 0.15) is 0 Å².